The van der Waals surface area contributed by atoms with Gasteiger partial charge in [-0.15, -0.1) is 0 Å². The van der Waals surface area contributed by atoms with Crippen molar-refractivity contribution in [2.45, 2.75) is 70.8 Å². The van der Waals surface area contributed by atoms with Crippen LogP contribution < -0.4 is 15.4 Å². The third kappa shape index (κ3) is 5.47. The monoisotopic (exact) mass is 430 g/mol. The van der Waals surface area contributed by atoms with Crippen LogP contribution in [0.3, 0.4) is 0 Å². The Kier molecular flexibility index (Phi) is 7.61. The number of amides is 1. The number of carbonyl (C=O) groups excluding carboxylic acids is 1. The van der Waals surface area contributed by atoms with E-state index >= 15 is 0 Å². The Labute approximate surface area is 186 Å². The van der Waals surface area contributed by atoms with Gasteiger partial charge in [-0.3, -0.25) is 14.6 Å². The summed E-state index contributed by atoms with van der Waals surface area (Å²) in [6.07, 6.45) is 9.77. The first-order valence-corrected chi connectivity index (χ1v) is 12.2. The molecule has 3 aliphatic rings. The molecule has 0 bridgehead atoms. The van der Waals surface area contributed by atoms with Crippen molar-refractivity contribution in [2.75, 3.05) is 56.5 Å². The molecule has 1 aromatic rings. The number of hydrogen-bond donors (Lipinski definition) is 1. The summed E-state index contributed by atoms with van der Waals surface area (Å²) < 4.78 is 5.63. The topological polar surface area (TPSA) is 87.8 Å². The number of rotatable bonds is 11. The maximum Gasteiger partial charge on any atom is 0.320 e. The van der Waals surface area contributed by atoms with E-state index in [-0.39, 0.29) is 11.9 Å². The SMILES string of the molecule is CCCCOc1nc(N)c2c(n1)N(CCCCCN1CCN(C3CCC3)CC1)C(=O)C2. The highest BCUT2D eigenvalue weighted by atomic mass is 16.5. The van der Waals surface area contributed by atoms with Crippen molar-refractivity contribution in [3.05, 3.63) is 5.56 Å². The summed E-state index contributed by atoms with van der Waals surface area (Å²) in [5.74, 6) is 1.08. The molecule has 8 heteroatoms. The van der Waals surface area contributed by atoms with Gasteiger partial charge in [0.15, 0.2) is 0 Å². The highest BCUT2D eigenvalue weighted by molar-refractivity contribution is 6.01. The first-order chi connectivity index (χ1) is 15.2. The molecule has 2 fully saturated rings. The normalized spacial score (nSPS) is 20.2. The molecule has 0 spiro atoms. The molecule has 1 aliphatic carbocycles. The molecular weight excluding hydrogens is 392 g/mol. The summed E-state index contributed by atoms with van der Waals surface area (Å²) in [4.78, 5) is 28.3. The van der Waals surface area contributed by atoms with Crippen LogP contribution in [0.4, 0.5) is 11.6 Å². The van der Waals surface area contributed by atoms with Gasteiger partial charge in [0.1, 0.15) is 11.6 Å². The van der Waals surface area contributed by atoms with Gasteiger partial charge < -0.3 is 15.4 Å². The van der Waals surface area contributed by atoms with Crippen LogP contribution in [0.2, 0.25) is 0 Å². The van der Waals surface area contributed by atoms with Crippen LogP contribution >= 0.6 is 0 Å². The van der Waals surface area contributed by atoms with Crippen molar-refractivity contribution >= 4 is 17.5 Å². The number of anilines is 2. The minimum atomic E-state index is 0.0637. The smallest absolute Gasteiger partial charge is 0.320 e. The average Bonchev–Trinajstić information content (AvgIpc) is 3.04. The van der Waals surface area contributed by atoms with Crippen LogP contribution in [-0.4, -0.2) is 77.6 Å². The number of ether oxygens (including phenoxy) is 1. The fourth-order valence-corrected chi connectivity index (χ4v) is 4.71. The molecule has 1 saturated carbocycles. The van der Waals surface area contributed by atoms with Crippen molar-refractivity contribution in [3.63, 3.8) is 0 Å². The lowest BCUT2D eigenvalue weighted by atomic mass is 9.91. The predicted octanol–water partition coefficient (Wildman–Crippen LogP) is 2.47. The summed E-state index contributed by atoms with van der Waals surface area (Å²) in [5.41, 5.74) is 6.83. The van der Waals surface area contributed by atoms with Crippen LogP contribution in [-0.2, 0) is 11.2 Å². The van der Waals surface area contributed by atoms with E-state index in [0.29, 0.717) is 31.2 Å². The van der Waals surface area contributed by atoms with E-state index in [9.17, 15) is 4.79 Å². The number of piperazine rings is 1. The van der Waals surface area contributed by atoms with E-state index in [2.05, 4.69) is 26.7 Å². The molecule has 1 aromatic heterocycles. The molecule has 4 rings (SSSR count). The number of nitrogens with two attached hydrogens (primary N) is 1. The summed E-state index contributed by atoms with van der Waals surface area (Å²) in [7, 11) is 0. The zero-order chi connectivity index (χ0) is 21.6. The fraction of sp³-hybridized carbons (Fsp3) is 0.783. The molecule has 1 saturated heterocycles. The Hall–Kier alpha value is -1.93. The molecule has 172 valence electrons. The first-order valence-electron chi connectivity index (χ1n) is 12.2. The third-order valence-electron chi connectivity index (χ3n) is 6.96. The van der Waals surface area contributed by atoms with E-state index in [0.717, 1.165) is 43.8 Å². The molecule has 0 unspecified atom stereocenters. The molecule has 3 heterocycles. The average molecular weight is 431 g/mol. The Morgan fingerprint density at radius 1 is 1.03 bits per heavy atom. The number of nitrogens with zero attached hydrogens (tertiary/aromatic N) is 5. The first kappa shape index (κ1) is 22.3. The van der Waals surface area contributed by atoms with Crippen LogP contribution in [0.1, 0.15) is 63.9 Å². The fourth-order valence-electron chi connectivity index (χ4n) is 4.71. The van der Waals surface area contributed by atoms with Gasteiger partial charge in [0, 0.05) is 44.3 Å². The van der Waals surface area contributed by atoms with Crippen molar-refractivity contribution in [2.24, 2.45) is 0 Å². The van der Waals surface area contributed by atoms with E-state index in [4.69, 9.17) is 10.5 Å². The van der Waals surface area contributed by atoms with Gasteiger partial charge in [-0.25, -0.2) is 0 Å². The highest BCUT2D eigenvalue weighted by Crippen LogP contribution is 2.32. The maximum absolute atomic E-state index is 12.5. The Morgan fingerprint density at radius 3 is 2.52 bits per heavy atom. The molecule has 31 heavy (non-hydrogen) atoms. The number of fused-ring (bicyclic) bond motifs is 1. The van der Waals surface area contributed by atoms with Gasteiger partial charge in [-0.1, -0.05) is 26.2 Å². The van der Waals surface area contributed by atoms with E-state index < -0.39 is 0 Å². The summed E-state index contributed by atoms with van der Waals surface area (Å²) >= 11 is 0. The predicted molar refractivity (Wildman–Crippen MR) is 122 cm³/mol. The highest BCUT2D eigenvalue weighted by Gasteiger charge is 2.32. The summed E-state index contributed by atoms with van der Waals surface area (Å²) in [5, 5.41) is 0. The second-order valence-electron chi connectivity index (χ2n) is 9.14. The lowest BCUT2D eigenvalue weighted by Crippen LogP contribution is -2.52. The van der Waals surface area contributed by atoms with Gasteiger partial charge in [0.05, 0.1) is 13.0 Å². The second-order valence-corrected chi connectivity index (χ2v) is 9.14. The van der Waals surface area contributed by atoms with Crippen molar-refractivity contribution in [1.82, 2.24) is 19.8 Å². The van der Waals surface area contributed by atoms with Crippen LogP contribution in [0.5, 0.6) is 6.01 Å². The molecule has 0 atom stereocenters. The molecule has 8 nitrogen and oxygen atoms in total. The third-order valence-corrected chi connectivity index (χ3v) is 6.96. The van der Waals surface area contributed by atoms with Crippen LogP contribution in [0, 0.1) is 0 Å². The van der Waals surface area contributed by atoms with Crippen molar-refractivity contribution in [3.8, 4) is 6.01 Å². The Morgan fingerprint density at radius 2 is 1.81 bits per heavy atom. The Bertz CT molecular complexity index is 746. The van der Waals surface area contributed by atoms with Crippen molar-refractivity contribution in [1.29, 1.82) is 0 Å². The zero-order valence-electron chi connectivity index (χ0n) is 19.0. The van der Waals surface area contributed by atoms with Gasteiger partial charge in [0.2, 0.25) is 5.91 Å². The largest absolute Gasteiger partial charge is 0.463 e. The second kappa shape index (κ2) is 10.6. The zero-order valence-corrected chi connectivity index (χ0v) is 19.0. The molecule has 0 aromatic carbocycles. The maximum atomic E-state index is 12.5. The van der Waals surface area contributed by atoms with Crippen LogP contribution in [0.15, 0.2) is 0 Å². The van der Waals surface area contributed by atoms with Crippen molar-refractivity contribution < 1.29 is 9.53 Å². The lowest BCUT2D eigenvalue weighted by molar-refractivity contribution is -0.117. The van der Waals surface area contributed by atoms with Crippen LogP contribution in [0.25, 0.3) is 0 Å². The van der Waals surface area contributed by atoms with Gasteiger partial charge in [-0.05, 0) is 38.6 Å². The van der Waals surface area contributed by atoms with Gasteiger partial charge >= 0.3 is 6.01 Å². The number of hydrogen-bond acceptors (Lipinski definition) is 7. The molecule has 2 aliphatic heterocycles. The summed E-state index contributed by atoms with van der Waals surface area (Å²) in [6.45, 7) is 9.38. The summed E-state index contributed by atoms with van der Waals surface area (Å²) in [6, 6.07) is 1.16. The molecular formula is C23H38N6O2. The number of aromatic nitrogens is 2. The van der Waals surface area contributed by atoms with Gasteiger partial charge in [0.25, 0.3) is 0 Å². The lowest BCUT2D eigenvalue weighted by Gasteiger charge is -2.43. The quantitative estimate of drug-likeness (QED) is 0.540. The number of nitrogen functional groups attached to an aromatic ring is 1. The van der Waals surface area contributed by atoms with Gasteiger partial charge in [-0.2, -0.15) is 9.97 Å². The molecule has 2 N–H and O–H groups in total. The van der Waals surface area contributed by atoms with E-state index in [1.54, 1.807) is 4.90 Å². The minimum Gasteiger partial charge on any atom is -0.463 e. The van der Waals surface area contributed by atoms with E-state index in [1.165, 1.54) is 51.9 Å². The number of unbranched alkanes of at least 4 members (excludes halogenated alkanes) is 3. The molecule has 1 amide bonds. The van der Waals surface area contributed by atoms with E-state index in [1.807, 2.05) is 0 Å². The standard InChI is InChI=1S/C23H38N6O2/c1-2-3-16-31-23-25-21(24)19-17-20(30)29(22(19)26-23)11-6-4-5-10-27-12-14-28(15-13-27)18-8-7-9-18/h18H,2-17H2,1H3,(H2,24,25,26). The Balaban J connectivity index is 1.19. The number of carbonyl (C=O) groups is 1. The minimum absolute atomic E-state index is 0.0637. The molecule has 0 radical (unpaired) electrons.